The molecule has 1 N–H and O–H groups in total. The number of hydrogen-bond acceptors (Lipinski definition) is 3. The molecular formula is C16H26N2OS. The van der Waals surface area contributed by atoms with Crippen molar-refractivity contribution < 1.29 is 4.79 Å². The highest BCUT2D eigenvalue weighted by Crippen LogP contribution is 2.33. The van der Waals surface area contributed by atoms with Gasteiger partial charge in [-0.3, -0.25) is 4.79 Å². The molecule has 112 valence electrons. The summed E-state index contributed by atoms with van der Waals surface area (Å²) in [5.74, 6) is 0.769. The lowest BCUT2D eigenvalue weighted by Crippen LogP contribution is -2.44. The molecule has 1 aliphatic rings. The van der Waals surface area contributed by atoms with Crippen molar-refractivity contribution in [1.29, 1.82) is 0 Å². The molecule has 0 bridgehead atoms. The monoisotopic (exact) mass is 294 g/mol. The molecule has 0 saturated carbocycles. The Morgan fingerprint density at radius 1 is 1.45 bits per heavy atom. The van der Waals surface area contributed by atoms with Crippen molar-refractivity contribution in [3.05, 3.63) is 16.1 Å². The molecule has 1 unspecified atom stereocenters. The summed E-state index contributed by atoms with van der Waals surface area (Å²) in [5.41, 5.74) is 1.16. The van der Waals surface area contributed by atoms with E-state index in [0.717, 1.165) is 25.0 Å². The lowest BCUT2D eigenvalue weighted by molar-refractivity contribution is -0.119. The SMILES string of the molecule is CC(C)CC1(Cc2csc(C(C)(C)C)n2)CCC(=O)N1. The van der Waals surface area contributed by atoms with E-state index in [0.29, 0.717) is 12.3 Å². The maximum Gasteiger partial charge on any atom is 0.220 e. The summed E-state index contributed by atoms with van der Waals surface area (Å²) in [4.78, 5) is 16.5. The van der Waals surface area contributed by atoms with Crippen LogP contribution in [0.5, 0.6) is 0 Å². The van der Waals surface area contributed by atoms with Gasteiger partial charge < -0.3 is 5.32 Å². The molecule has 1 amide bonds. The fourth-order valence-electron chi connectivity index (χ4n) is 2.99. The lowest BCUT2D eigenvalue weighted by atomic mass is 9.83. The van der Waals surface area contributed by atoms with Crippen molar-refractivity contribution in [2.24, 2.45) is 5.92 Å². The number of hydrogen-bond donors (Lipinski definition) is 1. The van der Waals surface area contributed by atoms with Crippen LogP contribution in [-0.4, -0.2) is 16.4 Å². The van der Waals surface area contributed by atoms with Crippen molar-refractivity contribution in [3.8, 4) is 0 Å². The molecule has 1 fully saturated rings. The number of carbonyl (C=O) groups excluding carboxylic acids is 1. The normalized spacial score (nSPS) is 23.4. The molecule has 1 aliphatic heterocycles. The van der Waals surface area contributed by atoms with Gasteiger partial charge in [0.05, 0.1) is 10.7 Å². The molecular weight excluding hydrogens is 268 g/mol. The van der Waals surface area contributed by atoms with Crippen LogP contribution in [0, 0.1) is 5.92 Å². The van der Waals surface area contributed by atoms with Crippen LogP contribution in [0.25, 0.3) is 0 Å². The third-order valence-corrected chi connectivity index (χ3v) is 5.06. The molecule has 1 aromatic heterocycles. The first-order chi connectivity index (χ1) is 9.20. The Bertz CT molecular complexity index is 487. The predicted molar refractivity (Wildman–Crippen MR) is 84.1 cm³/mol. The average molecular weight is 294 g/mol. The Hall–Kier alpha value is -0.900. The van der Waals surface area contributed by atoms with Crippen LogP contribution < -0.4 is 5.32 Å². The minimum Gasteiger partial charge on any atom is -0.350 e. The number of carbonyl (C=O) groups is 1. The molecule has 0 aliphatic carbocycles. The van der Waals surface area contributed by atoms with Crippen molar-refractivity contribution in [3.63, 3.8) is 0 Å². The molecule has 1 atom stereocenters. The van der Waals surface area contributed by atoms with E-state index in [4.69, 9.17) is 4.98 Å². The van der Waals surface area contributed by atoms with Gasteiger partial charge in [0.25, 0.3) is 0 Å². The Kier molecular flexibility index (Phi) is 4.24. The summed E-state index contributed by atoms with van der Waals surface area (Å²) in [6.45, 7) is 11.0. The molecule has 4 heteroatoms. The summed E-state index contributed by atoms with van der Waals surface area (Å²) < 4.78 is 0. The summed E-state index contributed by atoms with van der Waals surface area (Å²) in [5, 5.41) is 6.56. The Balaban J connectivity index is 2.16. The minimum absolute atomic E-state index is 0.0749. The highest BCUT2D eigenvalue weighted by Gasteiger charge is 2.38. The average Bonchev–Trinajstić information content (AvgIpc) is 2.85. The molecule has 3 nitrogen and oxygen atoms in total. The third kappa shape index (κ3) is 3.60. The Morgan fingerprint density at radius 3 is 2.60 bits per heavy atom. The molecule has 1 aromatic rings. The minimum atomic E-state index is -0.0749. The van der Waals surface area contributed by atoms with E-state index in [2.05, 4.69) is 45.3 Å². The van der Waals surface area contributed by atoms with Crippen molar-refractivity contribution in [1.82, 2.24) is 10.3 Å². The second kappa shape index (κ2) is 5.47. The van der Waals surface area contributed by atoms with Crippen LogP contribution in [0.2, 0.25) is 0 Å². The van der Waals surface area contributed by atoms with Gasteiger partial charge >= 0.3 is 0 Å². The van der Waals surface area contributed by atoms with Gasteiger partial charge in [-0.05, 0) is 18.8 Å². The molecule has 20 heavy (non-hydrogen) atoms. The van der Waals surface area contributed by atoms with Crippen molar-refractivity contribution in [2.45, 2.75) is 71.3 Å². The Morgan fingerprint density at radius 2 is 2.15 bits per heavy atom. The number of rotatable bonds is 4. The zero-order valence-electron chi connectivity index (χ0n) is 13.2. The number of amides is 1. The smallest absolute Gasteiger partial charge is 0.220 e. The number of nitrogens with one attached hydrogen (secondary N) is 1. The van der Waals surface area contributed by atoms with E-state index in [1.54, 1.807) is 11.3 Å². The molecule has 2 heterocycles. The van der Waals surface area contributed by atoms with E-state index < -0.39 is 0 Å². The summed E-state index contributed by atoms with van der Waals surface area (Å²) >= 11 is 1.73. The van der Waals surface area contributed by atoms with Gasteiger partial charge in [-0.15, -0.1) is 11.3 Å². The van der Waals surface area contributed by atoms with Gasteiger partial charge in [-0.25, -0.2) is 4.98 Å². The van der Waals surface area contributed by atoms with Crippen LogP contribution in [0.15, 0.2) is 5.38 Å². The highest BCUT2D eigenvalue weighted by atomic mass is 32.1. The van der Waals surface area contributed by atoms with Gasteiger partial charge in [-0.1, -0.05) is 34.6 Å². The van der Waals surface area contributed by atoms with E-state index in [1.807, 2.05) is 0 Å². The van der Waals surface area contributed by atoms with Crippen LogP contribution in [0.1, 0.15) is 64.6 Å². The lowest BCUT2D eigenvalue weighted by Gasteiger charge is -2.30. The highest BCUT2D eigenvalue weighted by molar-refractivity contribution is 7.09. The molecule has 0 radical (unpaired) electrons. The zero-order chi connectivity index (χ0) is 15.0. The van der Waals surface area contributed by atoms with Gasteiger partial charge in [0, 0.05) is 29.2 Å². The Labute approximate surface area is 126 Å². The summed E-state index contributed by atoms with van der Waals surface area (Å²) in [6.07, 6.45) is 3.49. The predicted octanol–water partition coefficient (Wildman–Crippen LogP) is 3.68. The number of aromatic nitrogens is 1. The van der Waals surface area contributed by atoms with E-state index in [9.17, 15) is 4.79 Å². The largest absolute Gasteiger partial charge is 0.350 e. The second-order valence-corrected chi connectivity index (χ2v) is 8.36. The van der Waals surface area contributed by atoms with Crippen molar-refractivity contribution in [2.75, 3.05) is 0 Å². The second-order valence-electron chi connectivity index (χ2n) is 7.50. The fourth-order valence-corrected chi connectivity index (χ4v) is 3.90. The van der Waals surface area contributed by atoms with Crippen molar-refractivity contribution >= 4 is 17.2 Å². The maximum absolute atomic E-state index is 11.7. The van der Waals surface area contributed by atoms with Gasteiger partial charge in [0.15, 0.2) is 0 Å². The summed E-state index contributed by atoms with van der Waals surface area (Å²) in [6, 6.07) is 0. The van der Waals surface area contributed by atoms with Gasteiger partial charge in [0.1, 0.15) is 0 Å². The van der Waals surface area contributed by atoms with Gasteiger partial charge in [0.2, 0.25) is 5.91 Å². The quantitative estimate of drug-likeness (QED) is 0.920. The third-order valence-electron chi connectivity index (χ3n) is 3.75. The van der Waals surface area contributed by atoms with Crippen LogP contribution in [-0.2, 0) is 16.6 Å². The first-order valence-corrected chi connectivity index (χ1v) is 8.34. The first-order valence-electron chi connectivity index (χ1n) is 7.46. The van der Waals surface area contributed by atoms with Gasteiger partial charge in [-0.2, -0.15) is 0 Å². The molecule has 1 saturated heterocycles. The fraction of sp³-hybridized carbons (Fsp3) is 0.750. The number of nitrogens with zero attached hydrogens (tertiary/aromatic N) is 1. The van der Waals surface area contributed by atoms with Crippen LogP contribution in [0.3, 0.4) is 0 Å². The zero-order valence-corrected chi connectivity index (χ0v) is 14.1. The topological polar surface area (TPSA) is 42.0 Å². The molecule has 0 aromatic carbocycles. The number of thiazole rings is 1. The van der Waals surface area contributed by atoms with E-state index >= 15 is 0 Å². The first kappa shape index (κ1) is 15.5. The molecule has 0 spiro atoms. The summed E-state index contributed by atoms with van der Waals surface area (Å²) in [7, 11) is 0. The standard InChI is InChI=1S/C16H26N2OS/c1-11(2)8-16(7-6-13(19)18-16)9-12-10-20-14(17-12)15(3,4)5/h10-11H,6-9H2,1-5H3,(H,18,19). The van der Waals surface area contributed by atoms with E-state index in [-0.39, 0.29) is 16.9 Å². The molecule has 2 rings (SSSR count). The van der Waals surface area contributed by atoms with E-state index in [1.165, 1.54) is 5.01 Å². The maximum atomic E-state index is 11.7. The van der Waals surface area contributed by atoms with Crippen LogP contribution in [0.4, 0.5) is 0 Å². The van der Waals surface area contributed by atoms with Crippen LogP contribution >= 0.6 is 11.3 Å².